The van der Waals surface area contributed by atoms with Gasteiger partial charge in [0.15, 0.2) is 5.96 Å². The Hall–Kier alpha value is -2.29. The van der Waals surface area contributed by atoms with Crippen LogP contribution in [0.1, 0.15) is 11.5 Å². The molecule has 0 amide bonds. The fourth-order valence-corrected chi connectivity index (χ4v) is 2.74. The van der Waals surface area contributed by atoms with E-state index in [1.807, 2.05) is 50.8 Å². The van der Waals surface area contributed by atoms with E-state index in [4.69, 9.17) is 0 Å². The number of hydrogen-bond acceptors (Lipinski definition) is 2. The van der Waals surface area contributed by atoms with Crippen molar-refractivity contribution in [2.75, 3.05) is 14.1 Å². The number of nitrogens with one attached hydrogen (secondary N) is 2. The average Bonchev–Trinajstić information content (AvgIpc) is 3.25. The Morgan fingerprint density at radius 3 is 2.65 bits per heavy atom. The van der Waals surface area contributed by atoms with Crippen molar-refractivity contribution in [1.82, 2.24) is 24.8 Å². The molecule has 138 valence electrons. The summed E-state index contributed by atoms with van der Waals surface area (Å²) in [6, 6.07) is 14.3. The second-order valence-corrected chi connectivity index (χ2v) is 5.98. The van der Waals surface area contributed by atoms with E-state index in [0.29, 0.717) is 6.54 Å². The van der Waals surface area contributed by atoms with E-state index in [9.17, 15) is 0 Å². The number of guanidine groups is 1. The first-order valence-electron chi connectivity index (χ1n) is 8.28. The number of halogens is 1. The lowest BCUT2D eigenvalue weighted by Crippen LogP contribution is -2.38. The second kappa shape index (κ2) is 9.42. The Bertz CT molecular complexity index is 837. The summed E-state index contributed by atoms with van der Waals surface area (Å²) < 4.78 is 2.10. The number of benzene rings is 1. The Morgan fingerprint density at radius 2 is 2.00 bits per heavy atom. The second-order valence-electron chi connectivity index (χ2n) is 5.98. The van der Waals surface area contributed by atoms with Gasteiger partial charge in [0, 0.05) is 33.0 Å². The van der Waals surface area contributed by atoms with Gasteiger partial charge in [0.05, 0.1) is 25.0 Å². The molecule has 2 aromatic heterocycles. The van der Waals surface area contributed by atoms with Crippen LogP contribution >= 0.6 is 24.0 Å². The summed E-state index contributed by atoms with van der Waals surface area (Å²) in [6.07, 6.45) is 3.91. The smallest absolute Gasteiger partial charge is 0.194 e. The summed E-state index contributed by atoms with van der Waals surface area (Å²) in [5, 5.41) is 3.38. The molecule has 0 aliphatic carbocycles. The Morgan fingerprint density at radius 1 is 1.23 bits per heavy atom. The first kappa shape index (κ1) is 20.0. The van der Waals surface area contributed by atoms with E-state index in [-0.39, 0.29) is 24.0 Å². The Kier molecular flexibility index (Phi) is 7.26. The third kappa shape index (κ3) is 4.87. The SMILES string of the molecule is CN=C(NCc1cccn1C)N(C)Cc1ncc(-c2ccccc2)[nH]1.I. The topological polar surface area (TPSA) is 61.2 Å². The molecule has 2 heterocycles. The lowest BCUT2D eigenvalue weighted by molar-refractivity contribution is 0.462. The van der Waals surface area contributed by atoms with Crippen LogP contribution in [-0.2, 0) is 20.1 Å². The molecule has 0 saturated heterocycles. The molecule has 26 heavy (non-hydrogen) atoms. The van der Waals surface area contributed by atoms with E-state index >= 15 is 0 Å². The molecule has 0 unspecified atom stereocenters. The van der Waals surface area contributed by atoms with Crippen LogP contribution < -0.4 is 5.32 Å². The number of aromatic amines is 1. The number of hydrogen-bond donors (Lipinski definition) is 2. The average molecular weight is 464 g/mol. The Balaban J connectivity index is 0.00000243. The van der Waals surface area contributed by atoms with Crippen LogP contribution in [-0.4, -0.2) is 39.5 Å². The molecule has 2 N–H and O–H groups in total. The number of H-pyrrole nitrogens is 1. The highest BCUT2D eigenvalue weighted by Crippen LogP contribution is 2.16. The van der Waals surface area contributed by atoms with Crippen molar-refractivity contribution in [2.45, 2.75) is 13.1 Å². The summed E-state index contributed by atoms with van der Waals surface area (Å²) in [7, 11) is 5.84. The normalized spacial score (nSPS) is 11.1. The number of rotatable bonds is 5. The van der Waals surface area contributed by atoms with Gasteiger partial charge in [-0.2, -0.15) is 0 Å². The molecule has 0 bridgehead atoms. The number of nitrogens with zero attached hydrogens (tertiary/aromatic N) is 4. The van der Waals surface area contributed by atoms with Gasteiger partial charge in [-0.05, 0) is 17.7 Å². The van der Waals surface area contributed by atoms with Gasteiger partial charge < -0.3 is 19.8 Å². The van der Waals surface area contributed by atoms with Gasteiger partial charge in [-0.1, -0.05) is 30.3 Å². The van der Waals surface area contributed by atoms with Crippen LogP contribution in [0.3, 0.4) is 0 Å². The summed E-state index contributed by atoms with van der Waals surface area (Å²) in [6.45, 7) is 1.38. The number of aryl methyl sites for hydroxylation is 1. The minimum atomic E-state index is 0. The Labute approximate surface area is 171 Å². The summed E-state index contributed by atoms with van der Waals surface area (Å²) in [4.78, 5) is 14.3. The van der Waals surface area contributed by atoms with Crippen molar-refractivity contribution in [3.05, 3.63) is 66.4 Å². The van der Waals surface area contributed by atoms with Gasteiger partial charge in [-0.3, -0.25) is 4.99 Å². The van der Waals surface area contributed by atoms with Gasteiger partial charge in [-0.15, -0.1) is 24.0 Å². The first-order valence-corrected chi connectivity index (χ1v) is 8.28. The third-order valence-electron chi connectivity index (χ3n) is 4.15. The fraction of sp³-hybridized carbons (Fsp3) is 0.263. The molecule has 3 aromatic rings. The van der Waals surface area contributed by atoms with Crippen molar-refractivity contribution >= 4 is 29.9 Å². The molecular weight excluding hydrogens is 439 g/mol. The molecule has 0 atom stereocenters. The lowest BCUT2D eigenvalue weighted by Gasteiger charge is -2.21. The fourth-order valence-electron chi connectivity index (χ4n) is 2.74. The highest BCUT2D eigenvalue weighted by Gasteiger charge is 2.10. The summed E-state index contributed by atoms with van der Waals surface area (Å²) in [5.41, 5.74) is 3.37. The van der Waals surface area contributed by atoms with E-state index in [2.05, 4.69) is 47.9 Å². The standard InChI is InChI=1S/C19H24N6.HI/c1-20-19(22-12-16-10-7-11-24(16)2)25(3)14-18-21-13-17(23-18)15-8-5-4-6-9-15;/h4-11,13H,12,14H2,1-3H3,(H,20,22)(H,21,23);1H. The van der Waals surface area contributed by atoms with Crippen LogP contribution in [0.2, 0.25) is 0 Å². The number of aliphatic imine (C=N–C) groups is 1. The van der Waals surface area contributed by atoms with Crippen molar-refractivity contribution in [3.8, 4) is 11.3 Å². The molecule has 1 aromatic carbocycles. The lowest BCUT2D eigenvalue weighted by atomic mass is 10.2. The monoisotopic (exact) mass is 464 g/mol. The van der Waals surface area contributed by atoms with Crippen LogP contribution in [0.5, 0.6) is 0 Å². The highest BCUT2D eigenvalue weighted by atomic mass is 127. The molecule has 0 fully saturated rings. The molecule has 3 rings (SSSR count). The zero-order chi connectivity index (χ0) is 17.6. The van der Waals surface area contributed by atoms with Crippen LogP contribution in [0.4, 0.5) is 0 Å². The maximum Gasteiger partial charge on any atom is 0.194 e. The minimum absolute atomic E-state index is 0. The van der Waals surface area contributed by atoms with Crippen molar-refractivity contribution in [2.24, 2.45) is 12.0 Å². The van der Waals surface area contributed by atoms with Gasteiger partial charge >= 0.3 is 0 Å². The van der Waals surface area contributed by atoms with E-state index < -0.39 is 0 Å². The zero-order valence-corrected chi connectivity index (χ0v) is 17.6. The van der Waals surface area contributed by atoms with E-state index in [0.717, 1.165) is 29.6 Å². The minimum Gasteiger partial charge on any atom is -0.353 e. The van der Waals surface area contributed by atoms with Gasteiger partial charge in [0.25, 0.3) is 0 Å². The van der Waals surface area contributed by atoms with E-state index in [1.165, 1.54) is 5.69 Å². The predicted molar refractivity (Wildman–Crippen MR) is 117 cm³/mol. The summed E-state index contributed by atoms with van der Waals surface area (Å²) in [5.74, 6) is 1.74. The van der Waals surface area contributed by atoms with Crippen molar-refractivity contribution < 1.29 is 0 Å². The molecule has 0 aliphatic heterocycles. The van der Waals surface area contributed by atoms with Crippen LogP contribution in [0, 0.1) is 0 Å². The van der Waals surface area contributed by atoms with Gasteiger partial charge in [0.1, 0.15) is 5.82 Å². The van der Waals surface area contributed by atoms with Gasteiger partial charge in [-0.25, -0.2) is 4.98 Å². The number of imidazole rings is 1. The van der Waals surface area contributed by atoms with Crippen molar-refractivity contribution in [1.29, 1.82) is 0 Å². The van der Waals surface area contributed by atoms with Crippen LogP contribution in [0.15, 0.2) is 59.9 Å². The molecular formula is C19H25IN6. The molecule has 0 spiro atoms. The maximum absolute atomic E-state index is 4.49. The zero-order valence-electron chi connectivity index (χ0n) is 15.3. The quantitative estimate of drug-likeness (QED) is 0.346. The first-order chi connectivity index (χ1) is 12.2. The predicted octanol–water partition coefficient (Wildman–Crippen LogP) is 3.24. The van der Waals surface area contributed by atoms with Gasteiger partial charge in [0.2, 0.25) is 0 Å². The molecule has 0 radical (unpaired) electrons. The molecule has 0 saturated carbocycles. The maximum atomic E-state index is 4.49. The molecule has 0 aliphatic rings. The van der Waals surface area contributed by atoms with Crippen molar-refractivity contribution in [3.63, 3.8) is 0 Å². The summed E-state index contributed by atoms with van der Waals surface area (Å²) >= 11 is 0. The third-order valence-corrected chi connectivity index (χ3v) is 4.15. The van der Waals surface area contributed by atoms with Crippen LogP contribution in [0.25, 0.3) is 11.3 Å². The molecule has 7 heteroatoms. The largest absolute Gasteiger partial charge is 0.353 e. The van der Waals surface area contributed by atoms with E-state index in [1.54, 1.807) is 7.05 Å². The highest BCUT2D eigenvalue weighted by molar-refractivity contribution is 14.0. The number of aromatic nitrogens is 3. The molecule has 6 nitrogen and oxygen atoms in total.